The molecule has 2 aromatic heterocycles. The highest BCUT2D eigenvalue weighted by Gasteiger charge is 2.26. The van der Waals surface area contributed by atoms with Crippen LogP contribution in [0.4, 0.5) is 4.79 Å². The van der Waals surface area contributed by atoms with E-state index in [2.05, 4.69) is 11.1 Å². The van der Waals surface area contributed by atoms with Gasteiger partial charge in [-0.1, -0.05) is 36.0 Å². The van der Waals surface area contributed by atoms with Crippen molar-refractivity contribution in [3.05, 3.63) is 63.9 Å². The minimum atomic E-state index is -0.349. The van der Waals surface area contributed by atoms with E-state index in [0.717, 1.165) is 22.0 Å². The predicted molar refractivity (Wildman–Crippen MR) is 145 cm³/mol. The lowest BCUT2D eigenvalue weighted by Gasteiger charge is -2.34. The van der Waals surface area contributed by atoms with Gasteiger partial charge in [0, 0.05) is 37.1 Å². The minimum Gasteiger partial charge on any atom is -0.450 e. The summed E-state index contributed by atoms with van der Waals surface area (Å²) in [6.45, 7) is 7.82. The van der Waals surface area contributed by atoms with Crippen LogP contribution in [0.25, 0.3) is 27.6 Å². The van der Waals surface area contributed by atoms with Gasteiger partial charge < -0.3 is 19.5 Å². The van der Waals surface area contributed by atoms with E-state index in [1.165, 1.54) is 11.8 Å². The van der Waals surface area contributed by atoms with Crippen LogP contribution in [0.5, 0.6) is 0 Å². The van der Waals surface area contributed by atoms with Crippen molar-refractivity contribution in [2.75, 3.05) is 38.5 Å². The molecule has 0 bridgehead atoms. The van der Waals surface area contributed by atoms with Gasteiger partial charge in [-0.25, -0.2) is 9.78 Å². The Labute approximate surface area is 218 Å². The van der Waals surface area contributed by atoms with E-state index in [1.807, 2.05) is 50.2 Å². The molecule has 10 heteroatoms. The largest absolute Gasteiger partial charge is 0.450 e. The molecule has 0 unspecified atom stereocenters. The maximum atomic E-state index is 13.8. The fourth-order valence-electron chi connectivity index (χ4n) is 4.72. The molecule has 192 valence electrons. The predicted octanol–water partition coefficient (Wildman–Crippen LogP) is 3.88. The molecule has 0 atom stereocenters. The van der Waals surface area contributed by atoms with Crippen molar-refractivity contribution in [2.24, 2.45) is 0 Å². The van der Waals surface area contributed by atoms with Gasteiger partial charge in [-0.15, -0.1) is 0 Å². The first-order valence-electron chi connectivity index (χ1n) is 12.3. The summed E-state index contributed by atoms with van der Waals surface area (Å²) in [5.41, 5.74) is 4.45. The molecule has 0 aliphatic carbocycles. The van der Waals surface area contributed by atoms with Crippen LogP contribution in [-0.2, 0) is 9.53 Å². The summed E-state index contributed by atoms with van der Waals surface area (Å²) >= 11 is 1.25. The maximum absolute atomic E-state index is 13.8. The van der Waals surface area contributed by atoms with Crippen molar-refractivity contribution in [1.29, 1.82) is 0 Å². The number of hydrogen-bond donors (Lipinski definition) is 1. The Bertz CT molecular complexity index is 1530. The van der Waals surface area contributed by atoms with E-state index in [0.29, 0.717) is 54.7 Å². The number of aromatic amines is 1. The van der Waals surface area contributed by atoms with E-state index in [9.17, 15) is 14.4 Å². The Balaban J connectivity index is 1.46. The lowest BCUT2D eigenvalue weighted by molar-refractivity contribution is -0.129. The first-order chi connectivity index (χ1) is 17.9. The lowest BCUT2D eigenvalue weighted by atomic mass is 10.1. The SMILES string of the molecule is CCOC(=O)N1CCN(C(=O)CSc2nc3c([nH]c4ccccc43)c(=O)n2-c2cc(C)cc(C)c2)CC1. The van der Waals surface area contributed by atoms with Gasteiger partial charge in [-0.3, -0.25) is 14.2 Å². The van der Waals surface area contributed by atoms with Crippen molar-refractivity contribution < 1.29 is 14.3 Å². The zero-order valence-electron chi connectivity index (χ0n) is 21.1. The molecule has 1 N–H and O–H groups in total. The highest BCUT2D eigenvalue weighted by atomic mass is 32.2. The van der Waals surface area contributed by atoms with Crippen LogP contribution in [0, 0.1) is 13.8 Å². The van der Waals surface area contributed by atoms with Gasteiger partial charge in [-0.05, 0) is 50.1 Å². The van der Waals surface area contributed by atoms with E-state index in [-0.39, 0.29) is 23.3 Å². The smallest absolute Gasteiger partial charge is 0.409 e. The molecule has 37 heavy (non-hydrogen) atoms. The summed E-state index contributed by atoms with van der Waals surface area (Å²) in [6.07, 6.45) is -0.349. The Hall–Kier alpha value is -3.79. The van der Waals surface area contributed by atoms with Crippen LogP contribution in [0.1, 0.15) is 18.1 Å². The first kappa shape index (κ1) is 24.9. The first-order valence-corrected chi connectivity index (χ1v) is 13.3. The van der Waals surface area contributed by atoms with Crippen LogP contribution < -0.4 is 5.56 Å². The van der Waals surface area contributed by atoms with Crippen molar-refractivity contribution in [3.63, 3.8) is 0 Å². The molecule has 5 rings (SSSR count). The molecule has 1 saturated heterocycles. The van der Waals surface area contributed by atoms with Gasteiger partial charge in [0.05, 0.1) is 18.0 Å². The van der Waals surface area contributed by atoms with Gasteiger partial charge in [-0.2, -0.15) is 0 Å². The molecule has 1 aliphatic rings. The number of nitrogens with one attached hydrogen (secondary N) is 1. The Kier molecular flexibility index (Phi) is 6.92. The Morgan fingerprint density at radius 1 is 1.03 bits per heavy atom. The number of para-hydroxylation sites is 1. The number of benzene rings is 2. The number of fused-ring (bicyclic) bond motifs is 3. The number of piperazine rings is 1. The summed E-state index contributed by atoms with van der Waals surface area (Å²) in [7, 11) is 0. The lowest BCUT2D eigenvalue weighted by Crippen LogP contribution is -2.51. The van der Waals surface area contributed by atoms with Crippen molar-refractivity contribution in [3.8, 4) is 5.69 Å². The average molecular weight is 520 g/mol. The van der Waals surface area contributed by atoms with Crippen molar-refractivity contribution in [1.82, 2.24) is 24.3 Å². The number of carbonyl (C=O) groups is 2. The second-order valence-corrected chi connectivity index (χ2v) is 10.1. The highest BCUT2D eigenvalue weighted by molar-refractivity contribution is 7.99. The number of nitrogens with zero attached hydrogens (tertiary/aromatic N) is 4. The number of aryl methyl sites for hydroxylation is 2. The summed E-state index contributed by atoms with van der Waals surface area (Å²) in [6, 6.07) is 13.6. The number of rotatable bonds is 5. The monoisotopic (exact) mass is 519 g/mol. The molecule has 2 amide bonds. The third-order valence-electron chi connectivity index (χ3n) is 6.44. The van der Waals surface area contributed by atoms with Crippen molar-refractivity contribution >= 4 is 45.7 Å². The quantitative estimate of drug-likeness (QED) is 0.317. The number of amides is 2. The molecule has 0 saturated carbocycles. The third kappa shape index (κ3) is 4.93. The van der Waals surface area contributed by atoms with Gasteiger partial charge in [0.2, 0.25) is 5.91 Å². The van der Waals surface area contributed by atoms with Crippen LogP contribution in [0.2, 0.25) is 0 Å². The second-order valence-electron chi connectivity index (χ2n) is 9.13. The van der Waals surface area contributed by atoms with Crippen LogP contribution >= 0.6 is 11.8 Å². The van der Waals surface area contributed by atoms with E-state index < -0.39 is 0 Å². The summed E-state index contributed by atoms with van der Waals surface area (Å²) in [5.74, 6) is 0.0681. The average Bonchev–Trinajstić information content (AvgIpc) is 3.26. The van der Waals surface area contributed by atoms with Crippen LogP contribution in [0.15, 0.2) is 52.4 Å². The minimum absolute atomic E-state index is 0.0613. The standard InChI is InChI=1S/C27H29N5O4S/c1-4-36-27(35)31-11-9-30(10-12-31)22(33)16-37-26-29-23-20-7-5-6-8-21(20)28-24(23)25(34)32(26)19-14-17(2)13-18(3)15-19/h5-8,13-15,28H,4,9-12,16H2,1-3H3. The fourth-order valence-corrected chi connectivity index (χ4v) is 5.63. The number of aromatic nitrogens is 3. The molecule has 9 nitrogen and oxygen atoms in total. The number of hydrogen-bond acceptors (Lipinski definition) is 6. The summed E-state index contributed by atoms with van der Waals surface area (Å²) in [5, 5.41) is 1.33. The van der Waals surface area contributed by atoms with E-state index in [1.54, 1.807) is 21.3 Å². The number of thioether (sulfide) groups is 1. The van der Waals surface area contributed by atoms with Crippen LogP contribution in [0.3, 0.4) is 0 Å². The van der Waals surface area contributed by atoms with E-state index in [4.69, 9.17) is 9.72 Å². The molecule has 3 heterocycles. The van der Waals surface area contributed by atoms with Gasteiger partial charge in [0.25, 0.3) is 5.56 Å². The molecule has 4 aromatic rings. The third-order valence-corrected chi connectivity index (χ3v) is 7.37. The molecule has 0 spiro atoms. The van der Waals surface area contributed by atoms with E-state index >= 15 is 0 Å². The number of ether oxygens (including phenoxy) is 1. The summed E-state index contributed by atoms with van der Waals surface area (Å²) < 4.78 is 6.65. The second kappa shape index (κ2) is 10.3. The Morgan fingerprint density at radius 2 is 1.70 bits per heavy atom. The molecule has 1 aliphatic heterocycles. The normalized spacial score (nSPS) is 13.9. The molecule has 2 aromatic carbocycles. The maximum Gasteiger partial charge on any atom is 0.409 e. The van der Waals surface area contributed by atoms with Crippen molar-refractivity contribution in [2.45, 2.75) is 25.9 Å². The zero-order valence-corrected chi connectivity index (χ0v) is 21.9. The zero-order chi connectivity index (χ0) is 26.1. The molecule has 0 radical (unpaired) electrons. The topological polar surface area (TPSA) is 101 Å². The Morgan fingerprint density at radius 3 is 2.41 bits per heavy atom. The van der Waals surface area contributed by atoms with Crippen LogP contribution in [-0.4, -0.2) is 74.9 Å². The van der Waals surface area contributed by atoms with Gasteiger partial charge >= 0.3 is 6.09 Å². The fraction of sp³-hybridized carbons (Fsp3) is 0.333. The van der Waals surface area contributed by atoms with Gasteiger partial charge in [0.15, 0.2) is 5.16 Å². The van der Waals surface area contributed by atoms with Gasteiger partial charge in [0.1, 0.15) is 11.0 Å². The number of H-pyrrole nitrogens is 1. The highest BCUT2D eigenvalue weighted by Crippen LogP contribution is 2.27. The molecular weight excluding hydrogens is 490 g/mol. The molecule has 1 fully saturated rings. The molecular formula is C27H29N5O4S. The number of carbonyl (C=O) groups excluding carboxylic acids is 2. The summed E-state index contributed by atoms with van der Waals surface area (Å²) in [4.78, 5) is 50.3.